The van der Waals surface area contributed by atoms with Crippen molar-refractivity contribution in [3.63, 3.8) is 0 Å². The number of carboxylic acids is 1. The zero-order valence-electron chi connectivity index (χ0n) is 8.16. The van der Waals surface area contributed by atoms with E-state index in [-0.39, 0.29) is 5.92 Å². The van der Waals surface area contributed by atoms with Gasteiger partial charge in [-0.05, 0) is 25.1 Å². The Hall–Kier alpha value is -1.17. The van der Waals surface area contributed by atoms with Crippen molar-refractivity contribution in [1.29, 1.82) is 0 Å². The largest absolute Gasteiger partial charge is 0.550 e. The van der Waals surface area contributed by atoms with E-state index < -0.39 is 11.9 Å². The fraction of sp³-hybridized carbons (Fsp3) is 0.667. The number of nitrogens with one attached hydrogen (secondary N) is 2. The number of hydrogen-bond acceptors (Lipinski definition) is 4. The van der Waals surface area contributed by atoms with Crippen molar-refractivity contribution in [3.8, 4) is 0 Å². The number of aromatic nitrogens is 3. The molecule has 0 radical (unpaired) electrons. The van der Waals surface area contributed by atoms with Crippen molar-refractivity contribution in [2.24, 2.45) is 5.92 Å². The molecule has 0 unspecified atom stereocenters. The molecule has 0 spiro atoms. The smallest absolute Gasteiger partial charge is 0.213 e. The first-order valence-electron chi connectivity index (χ1n) is 5.04. The molecule has 2 N–H and O–H groups in total. The van der Waals surface area contributed by atoms with Crippen LogP contribution in [0.5, 0.6) is 0 Å². The Morgan fingerprint density at radius 1 is 1.40 bits per heavy atom. The minimum atomic E-state index is -0.984. The lowest BCUT2D eigenvalue weighted by molar-refractivity contribution is -0.313. The zero-order valence-corrected chi connectivity index (χ0v) is 8.97. The van der Waals surface area contributed by atoms with Gasteiger partial charge in [-0.25, -0.2) is 4.98 Å². The minimum absolute atomic E-state index is 0.0864. The molecule has 0 aliphatic heterocycles. The van der Waals surface area contributed by atoms with Crippen LogP contribution in [-0.2, 0) is 4.79 Å². The summed E-state index contributed by atoms with van der Waals surface area (Å²) in [5, 5.41) is 16.5. The van der Waals surface area contributed by atoms with Crippen molar-refractivity contribution < 1.29 is 9.90 Å². The quantitative estimate of drug-likeness (QED) is 0.719. The molecular formula is C9H12N3O2S-. The summed E-state index contributed by atoms with van der Waals surface area (Å²) >= 11 is 4.85. The standard InChI is InChI=1S/C9H13N3O2S/c13-8(14)6-4-2-1-3-5(6)7-10-9(15)12-11-7/h5-6H,1-4H2,(H,13,14)(H2,10,11,12,15)/p-1/t5-,6-/m1/s1. The number of aromatic amines is 2. The fourth-order valence-electron chi connectivity index (χ4n) is 2.20. The van der Waals surface area contributed by atoms with Crippen LogP contribution in [0, 0.1) is 10.7 Å². The van der Waals surface area contributed by atoms with Crippen LogP contribution in [0.2, 0.25) is 0 Å². The van der Waals surface area contributed by atoms with Gasteiger partial charge in [0.05, 0.1) is 0 Å². The van der Waals surface area contributed by atoms with E-state index in [0.717, 1.165) is 19.3 Å². The third-order valence-electron chi connectivity index (χ3n) is 2.94. The Kier molecular flexibility index (Phi) is 2.86. The number of hydrogen-bond donors (Lipinski definition) is 2. The van der Waals surface area contributed by atoms with Crippen LogP contribution >= 0.6 is 12.2 Å². The highest BCUT2D eigenvalue weighted by atomic mass is 32.1. The predicted molar refractivity (Wildman–Crippen MR) is 53.5 cm³/mol. The molecule has 82 valence electrons. The SMILES string of the molecule is O=C([O-])[C@@H]1CCCC[C@H]1c1nc(=S)[nH][nH]1. The van der Waals surface area contributed by atoms with Gasteiger partial charge in [-0.3, -0.25) is 10.2 Å². The fourth-order valence-corrected chi connectivity index (χ4v) is 2.35. The predicted octanol–water partition coefficient (Wildman–Crippen LogP) is 0.491. The van der Waals surface area contributed by atoms with Crippen molar-refractivity contribution in [3.05, 3.63) is 10.6 Å². The third kappa shape index (κ3) is 2.09. The second-order valence-corrected chi connectivity index (χ2v) is 4.26. The van der Waals surface area contributed by atoms with Gasteiger partial charge in [-0.1, -0.05) is 12.8 Å². The molecule has 15 heavy (non-hydrogen) atoms. The summed E-state index contributed by atoms with van der Waals surface area (Å²) in [5.74, 6) is -0.861. The molecule has 2 rings (SSSR count). The lowest BCUT2D eigenvalue weighted by atomic mass is 9.79. The van der Waals surface area contributed by atoms with Gasteiger partial charge in [-0.2, -0.15) is 0 Å². The Morgan fingerprint density at radius 3 is 2.73 bits per heavy atom. The lowest BCUT2D eigenvalue weighted by Gasteiger charge is -2.30. The van der Waals surface area contributed by atoms with Crippen LogP contribution in [0.25, 0.3) is 0 Å². The number of H-pyrrole nitrogens is 2. The molecule has 1 heterocycles. The maximum absolute atomic E-state index is 11.0. The summed E-state index contributed by atoms with van der Waals surface area (Å²) in [6, 6.07) is 0. The van der Waals surface area contributed by atoms with E-state index in [2.05, 4.69) is 15.2 Å². The first-order chi connectivity index (χ1) is 7.18. The summed E-state index contributed by atoms with van der Waals surface area (Å²) < 4.78 is 0.368. The first kappa shape index (κ1) is 10.4. The summed E-state index contributed by atoms with van der Waals surface area (Å²) in [6.45, 7) is 0. The highest BCUT2D eigenvalue weighted by Crippen LogP contribution is 2.35. The van der Waals surface area contributed by atoms with Gasteiger partial charge in [0.2, 0.25) is 4.77 Å². The molecule has 1 fully saturated rings. The average Bonchev–Trinajstić information content (AvgIpc) is 2.65. The van der Waals surface area contributed by atoms with Crippen LogP contribution in [0.1, 0.15) is 37.4 Å². The highest BCUT2D eigenvalue weighted by molar-refractivity contribution is 7.71. The van der Waals surface area contributed by atoms with E-state index in [1.54, 1.807) is 0 Å². The molecule has 0 amide bonds. The summed E-state index contributed by atoms with van der Waals surface area (Å²) in [6.07, 6.45) is 3.47. The molecule has 1 aromatic heterocycles. The van der Waals surface area contributed by atoms with Crippen LogP contribution in [-0.4, -0.2) is 21.2 Å². The topological polar surface area (TPSA) is 84.6 Å². The van der Waals surface area contributed by atoms with Crippen LogP contribution in [0.3, 0.4) is 0 Å². The third-order valence-corrected chi connectivity index (χ3v) is 3.13. The van der Waals surface area contributed by atoms with E-state index in [9.17, 15) is 9.90 Å². The van der Waals surface area contributed by atoms with Crippen LogP contribution in [0.15, 0.2) is 0 Å². The molecule has 1 aromatic rings. The molecule has 1 aliphatic carbocycles. The number of nitrogens with zero attached hydrogens (tertiary/aromatic N) is 1. The Morgan fingerprint density at radius 2 is 2.13 bits per heavy atom. The Balaban J connectivity index is 2.25. The molecule has 5 nitrogen and oxygen atoms in total. The van der Waals surface area contributed by atoms with Crippen molar-refractivity contribution in [1.82, 2.24) is 15.2 Å². The van der Waals surface area contributed by atoms with Gasteiger partial charge < -0.3 is 9.90 Å². The van der Waals surface area contributed by atoms with E-state index >= 15 is 0 Å². The van der Waals surface area contributed by atoms with Gasteiger partial charge in [0.15, 0.2) is 0 Å². The maximum atomic E-state index is 11.0. The number of aliphatic carboxylic acids is 1. The first-order valence-corrected chi connectivity index (χ1v) is 5.45. The van der Waals surface area contributed by atoms with E-state index in [1.807, 2.05) is 0 Å². The lowest BCUT2D eigenvalue weighted by Crippen LogP contribution is -2.37. The summed E-state index contributed by atoms with van der Waals surface area (Å²) in [7, 11) is 0. The normalized spacial score (nSPS) is 26.4. The van der Waals surface area contributed by atoms with E-state index in [1.165, 1.54) is 0 Å². The van der Waals surface area contributed by atoms with E-state index in [0.29, 0.717) is 17.0 Å². The second-order valence-electron chi connectivity index (χ2n) is 3.87. The monoisotopic (exact) mass is 226 g/mol. The highest BCUT2D eigenvalue weighted by Gasteiger charge is 2.29. The molecule has 6 heteroatoms. The Labute approximate surface area is 91.9 Å². The maximum Gasteiger partial charge on any atom is 0.213 e. The molecular weight excluding hydrogens is 214 g/mol. The molecule has 1 saturated carbocycles. The molecule has 0 aromatic carbocycles. The average molecular weight is 226 g/mol. The van der Waals surface area contributed by atoms with E-state index in [4.69, 9.17) is 12.2 Å². The van der Waals surface area contributed by atoms with Crippen LogP contribution < -0.4 is 5.11 Å². The van der Waals surface area contributed by atoms with Gasteiger partial charge in [0.25, 0.3) is 0 Å². The van der Waals surface area contributed by atoms with Crippen molar-refractivity contribution in [2.75, 3.05) is 0 Å². The van der Waals surface area contributed by atoms with Gasteiger partial charge in [-0.15, -0.1) is 0 Å². The summed E-state index contributed by atoms with van der Waals surface area (Å²) in [5.41, 5.74) is 0. The number of carboxylic acid groups (broad SMARTS) is 1. The molecule has 0 saturated heterocycles. The molecule has 2 atom stereocenters. The number of carbonyl (C=O) groups excluding carboxylic acids is 1. The number of carbonyl (C=O) groups is 1. The van der Waals surface area contributed by atoms with Crippen molar-refractivity contribution >= 4 is 18.2 Å². The minimum Gasteiger partial charge on any atom is -0.550 e. The van der Waals surface area contributed by atoms with Gasteiger partial charge in [0.1, 0.15) is 5.82 Å². The van der Waals surface area contributed by atoms with Gasteiger partial charge in [0, 0.05) is 17.8 Å². The van der Waals surface area contributed by atoms with Gasteiger partial charge >= 0.3 is 0 Å². The zero-order chi connectivity index (χ0) is 10.8. The molecule has 0 bridgehead atoms. The number of rotatable bonds is 2. The second kappa shape index (κ2) is 4.14. The summed E-state index contributed by atoms with van der Waals surface area (Å²) in [4.78, 5) is 15.0. The Bertz CT molecular complexity index is 411. The van der Waals surface area contributed by atoms with Crippen LogP contribution in [0.4, 0.5) is 0 Å². The van der Waals surface area contributed by atoms with Crippen molar-refractivity contribution in [2.45, 2.75) is 31.6 Å². The molecule has 1 aliphatic rings.